The van der Waals surface area contributed by atoms with Gasteiger partial charge in [0.05, 0.1) is 34.0 Å². The number of nitro benzene ring substituents is 1. The summed E-state index contributed by atoms with van der Waals surface area (Å²) in [7, 11) is 0. The number of fused-ring (bicyclic) bond motifs is 1. The van der Waals surface area contributed by atoms with Crippen LogP contribution in [0.4, 0.5) is 24.5 Å². The number of hydrogen-bond acceptors (Lipinski definition) is 5. The van der Waals surface area contributed by atoms with Crippen LogP contribution in [0.3, 0.4) is 0 Å². The number of aromatic nitrogens is 1. The second-order valence-corrected chi connectivity index (χ2v) is 8.15. The van der Waals surface area contributed by atoms with Crippen LogP contribution in [0.1, 0.15) is 39.7 Å². The van der Waals surface area contributed by atoms with E-state index in [1.165, 1.54) is 55.1 Å². The predicted octanol–water partition coefficient (Wildman–Crippen LogP) is 5.10. The third-order valence-electron chi connectivity index (χ3n) is 5.74. The van der Waals surface area contributed by atoms with E-state index in [9.17, 15) is 32.9 Å². The van der Waals surface area contributed by atoms with Crippen LogP contribution >= 0.6 is 0 Å². The molecule has 1 aliphatic heterocycles. The molecule has 2 heterocycles. The maximum atomic E-state index is 13.3. The fraction of sp³-hybridized carbons (Fsp3) is 0.208. The van der Waals surface area contributed by atoms with Gasteiger partial charge in [-0.1, -0.05) is 6.07 Å². The molecule has 0 saturated carbocycles. The number of carbonyl (C=O) groups excluding carboxylic acids is 2. The van der Waals surface area contributed by atoms with E-state index in [1.807, 2.05) is 0 Å². The molecule has 0 radical (unpaired) electrons. The first-order chi connectivity index (χ1) is 16.4. The molecule has 1 aromatic heterocycles. The van der Waals surface area contributed by atoms with Crippen LogP contribution in [-0.2, 0) is 24.1 Å². The van der Waals surface area contributed by atoms with E-state index >= 15 is 0 Å². The molecule has 1 aliphatic rings. The molecule has 0 bridgehead atoms. The lowest BCUT2D eigenvalue weighted by Crippen LogP contribution is -2.21. The first-order valence-electron chi connectivity index (χ1n) is 10.5. The number of rotatable bonds is 4. The predicted molar refractivity (Wildman–Crippen MR) is 120 cm³/mol. The minimum atomic E-state index is -4.58. The molecule has 0 fully saturated rings. The van der Waals surface area contributed by atoms with Gasteiger partial charge in [0.15, 0.2) is 0 Å². The molecular formula is C24H19F3N4O4. The lowest BCUT2D eigenvalue weighted by Gasteiger charge is -2.14. The Morgan fingerprint density at radius 1 is 1.09 bits per heavy atom. The molecule has 2 amide bonds. The minimum absolute atomic E-state index is 0.0191. The zero-order chi connectivity index (χ0) is 25.5. The summed E-state index contributed by atoms with van der Waals surface area (Å²) in [5, 5.41) is 13.5. The monoisotopic (exact) mass is 484 g/mol. The molecule has 11 heteroatoms. The molecule has 0 atom stereocenters. The average molecular weight is 484 g/mol. The highest BCUT2D eigenvalue weighted by atomic mass is 19.4. The number of nitrogens with zero attached hydrogens (tertiary/aromatic N) is 3. The fourth-order valence-electron chi connectivity index (χ4n) is 3.87. The first kappa shape index (κ1) is 23.9. The highest BCUT2D eigenvalue weighted by Crippen LogP contribution is 2.34. The number of aryl methyl sites for hydroxylation is 1. The van der Waals surface area contributed by atoms with E-state index in [2.05, 4.69) is 10.3 Å². The van der Waals surface area contributed by atoms with Crippen molar-refractivity contribution in [2.45, 2.75) is 33.1 Å². The van der Waals surface area contributed by atoms with Gasteiger partial charge >= 0.3 is 6.18 Å². The number of non-ortho nitro benzene ring substituents is 1. The van der Waals surface area contributed by atoms with Crippen LogP contribution < -0.4 is 5.32 Å². The Balaban J connectivity index is 1.76. The normalized spacial score (nSPS) is 12.9. The third-order valence-corrected chi connectivity index (χ3v) is 5.74. The molecule has 8 nitrogen and oxygen atoms in total. The van der Waals surface area contributed by atoms with Crippen LogP contribution in [-0.4, -0.2) is 26.6 Å². The molecule has 0 spiro atoms. The van der Waals surface area contributed by atoms with Gasteiger partial charge < -0.3 is 10.2 Å². The zero-order valence-electron chi connectivity index (χ0n) is 18.6. The van der Waals surface area contributed by atoms with Crippen molar-refractivity contribution < 1.29 is 27.7 Å². The Labute approximate surface area is 197 Å². The topological polar surface area (TPSA) is 105 Å². The Kier molecular flexibility index (Phi) is 6.01. The third kappa shape index (κ3) is 4.84. The number of benzene rings is 2. The molecule has 0 unspecified atom stereocenters. The lowest BCUT2D eigenvalue weighted by molar-refractivity contribution is -0.384. The number of pyridine rings is 1. The quantitative estimate of drug-likeness (QED) is 0.410. The number of alkyl halides is 3. The van der Waals surface area contributed by atoms with E-state index in [0.29, 0.717) is 16.8 Å². The van der Waals surface area contributed by atoms with Gasteiger partial charge in [-0.25, -0.2) is 4.98 Å². The van der Waals surface area contributed by atoms with Gasteiger partial charge in [-0.3, -0.25) is 19.7 Å². The van der Waals surface area contributed by atoms with Gasteiger partial charge in [0.1, 0.15) is 0 Å². The second-order valence-electron chi connectivity index (χ2n) is 8.15. The van der Waals surface area contributed by atoms with Gasteiger partial charge in [0.25, 0.3) is 11.6 Å². The van der Waals surface area contributed by atoms with E-state index in [0.717, 1.165) is 6.07 Å². The van der Waals surface area contributed by atoms with Crippen molar-refractivity contribution in [3.63, 3.8) is 0 Å². The van der Waals surface area contributed by atoms with E-state index in [4.69, 9.17) is 0 Å². The highest BCUT2D eigenvalue weighted by molar-refractivity contribution is 6.08. The Morgan fingerprint density at radius 3 is 2.37 bits per heavy atom. The maximum absolute atomic E-state index is 13.3. The lowest BCUT2D eigenvalue weighted by atomic mass is 10.0. The molecule has 1 N–H and O–H groups in total. The van der Waals surface area contributed by atoms with Crippen molar-refractivity contribution in [2.24, 2.45) is 0 Å². The van der Waals surface area contributed by atoms with Crippen molar-refractivity contribution >= 4 is 23.2 Å². The number of amides is 2. The van der Waals surface area contributed by atoms with Gasteiger partial charge in [-0.2, -0.15) is 13.2 Å². The summed E-state index contributed by atoms with van der Waals surface area (Å²) in [6.45, 7) is 3.21. The second kappa shape index (κ2) is 8.82. The van der Waals surface area contributed by atoms with Gasteiger partial charge in [0.2, 0.25) is 5.91 Å². The van der Waals surface area contributed by atoms with E-state index in [-0.39, 0.29) is 47.2 Å². The summed E-state index contributed by atoms with van der Waals surface area (Å²) in [5.74, 6) is -0.878. The minimum Gasteiger partial charge on any atom is -0.333 e. The number of anilines is 1. The average Bonchev–Trinajstić information content (AvgIpc) is 3.22. The van der Waals surface area contributed by atoms with Crippen molar-refractivity contribution in [2.75, 3.05) is 5.32 Å². The number of hydrogen-bond donors (Lipinski definition) is 1. The molecule has 2 aromatic carbocycles. The summed E-state index contributed by atoms with van der Waals surface area (Å²) >= 11 is 0. The van der Waals surface area contributed by atoms with E-state index < -0.39 is 22.6 Å². The summed E-state index contributed by atoms with van der Waals surface area (Å²) in [4.78, 5) is 41.6. The zero-order valence-corrected chi connectivity index (χ0v) is 18.6. The molecule has 180 valence electrons. The van der Waals surface area contributed by atoms with Crippen molar-refractivity contribution in [1.82, 2.24) is 9.88 Å². The maximum Gasteiger partial charge on any atom is 0.416 e. The SMILES string of the molecule is CC(=O)N1Cc2cc(C(=O)Nc3ccc(C)c(C(F)(F)F)c3)c(-c3ccc([N+](=O)[O-])cc3)nc2C1. The molecule has 35 heavy (non-hydrogen) atoms. The summed E-state index contributed by atoms with van der Waals surface area (Å²) in [5.41, 5.74) is 0.833. The van der Waals surface area contributed by atoms with Crippen molar-refractivity contribution in [3.05, 3.63) is 86.6 Å². The van der Waals surface area contributed by atoms with Gasteiger partial charge in [-0.05, 0) is 48.4 Å². The highest BCUT2D eigenvalue weighted by Gasteiger charge is 2.33. The summed E-state index contributed by atoms with van der Waals surface area (Å²) in [6.07, 6.45) is -4.58. The first-order valence-corrected chi connectivity index (χ1v) is 10.5. The van der Waals surface area contributed by atoms with Crippen LogP contribution in [0.15, 0.2) is 48.5 Å². The van der Waals surface area contributed by atoms with Crippen LogP contribution in [0.25, 0.3) is 11.3 Å². The van der Waals surface area contributed by atoms with E-state index in [1.54, 1.807) is 6.07 Å². The van der Waals surface area contributed by atoms with Crippen molar-refractivity contribution in [3.8, 4) is 11.3 Å². The largest absolute Gasteiger partial charge is 0.416 e. The molecule has 3 aromatic rings. The smallest absolute Gasteiger partial charge is 0.333 e. The Bertz CT molecular complexity index is 1350. The Hall–Kier alpha value is -4.28. The Morgan fingerprint density at radius 2 is 1.77 bits per heavy atom. The number of nitro groups is 1. The van der Waals surface area contributed by atoms with Crippen LogP contribution in [0.5, 0.6) is 0 Å². The molecule has 0 saturated heterocycles. The van der Waals surface area contributed by atoms with Crippen LogP contribution in [0.2, 0.25) is 0 Å². The van der Waals surface area contributed by atoms with Crippen LogP contribution in [0, 0.1) is 17.0 Å². The van der Waals surface area contributed by atoms with Gasteiger partial charge in [-0.15, -0.1) is 0 Å². The van der Waals surface area contributed by atoms with Gasteiger partial charge in [0, 0.05) is 36.9 Å². The molecular weight excluding hydrogens is 465 g/mol. The number of halogens is 3. The molecule has 0 aliphatic carbocycles. The van der Waals surface area contributed by atoms with Crippen molar-refractivity contribution in [1.29, 1.82) is 0 Å². The number of carbonyl (C=O) groups is 2. The number of nitrogens with one attached hydrogen (secondary N) is 1. The molecule has 4 rings (SSSR count). The summed E-state index contributed by atoms with van der Waals surface area (Å²) in [6, 6.07) is 10.5. The standard InChI is InChI=1S/C24H19F3N4O4/c1-13-3-6-17(10-20(13)24(25,26)27)28-23(33)19-9-16-11-30(14(2)32)12-21(16)29-22(19)15-4-7-18(8-5-15)31(34)35/h3-10H,11-12H2,1-2H3,(H,28,33). The fourth-order valence-corrected chi connectivity index (χ4v) is 3.87. The summed E-state index contributed by atoms with van der Waals surface area (Å²) < 4.78 is 39.9.